The topological polar surface area (TPSA) is 132 Å². The van der Waals surface area contributed by atoms with E-state index in [1.807, 2.05) is 0 Å². The van der Waals surface area contributed by atoms with Crippen molar-refractivity contribution in [3.63, 3.8) is 0 Å². The first-order valence-electron chi connectivity index (χ1n) is 11.7. The predicted octanol–water partition coefficient (Wildman–Crippen LogP) is 1.87. The van der Waals surface area contributed by atoms with Gasteiger partial charge in [-0.15, -0.1) is 0 Å². The molecule has 0 bridgehead atoms. The highest BCUT2D eigenvalue weighted by molar-refractivity contribution is 5.87. The van der Waals surface area contributed by atoms with Crippen molar-refractivity contribution in [2.75, 3.05) is 62.9 Å². The number of nitrogens with zero attached hydrogens (tertiary/aromatic N) is 6. The molecule has 2 aromatic rings. The van der Waals surface area contributed by atoms with Crippen molar-refractivity contribution >= 4 is 30.2 Å². The van der Waals surface area contributed by atoms with Crippen molar-refractivity contribution in [1.82, 2.24) is 29.7 Å². The fraction of sp³-hybridized carbons (Fsp3) is 0.591. The van der Waals surface area contributed by atoms with Crippen LogP contribution in [0.1, 0.15) is 19.3 Å². The first-order valence-corrected chi connectivity index (χ1v) is 11.7. The second-order valence-corrected chi connectivity index (χ2v) is 8.68. The summed E-state index contributed by atoms with van der Waals surface area (Å²) in [5.74, 6) is -1.89. The van der Waals surface area contributed by atoms with Crippen LogP contribution in [-0.4, -0.2) is 108 Å². The highest BCUT2D eigenvalue weighted by Crippen LogP contribution is 2.33. The Morgan fingerprint density at radius 2 is 2.03 bits per heavy atom. The van der Waals surface area contributed by atoms with Crippen LogP contribution in [0.4, 0.5) is 31.3 Å². The number of halogens is 2. The number of hydrogen-bond acceptors (Lipinski definition) is 9. The van der Waals surface area contributed by atoms with E-state index in [1.54, 1.807) is 24.2 Å². The van der Waals surface area contributed by atoms with Crippen molar-refractivity contribution < 1.29 is 23.1 Å². The average molecular weight is 510 g/mol. The number of likely N-dealkylation sites (N-methyl/N-ethyl adjacent to an activating group) is 1. The fourth-order valence-electron chi connectivity index (χ4n) is 3.98. The van der Waals surface area contributed by atoms with Crippen LogP contribution >= 0.6 is 0 Å². The van der Waals surface area contributed by atoms with Gasteiger partial charge in [0.2, 0.25) is 11.9 Å². The third-order valence-corrected chi connectivity index (χ3v) is 6.20. The summed E-state index contributed by atoms with van der Waals surface area (Å²) >= 11 is 0. The Labute approximate surface area is 208 Å². The predicted molar refractivity (Wildman–Crippen MR) is 130 cm³/mol. The molecular weight excluding hydrogens is 476 g/mol. The lowest BCUT2D eigenvalue weighted by atomic mass is 10.00. The number of imidazole rings is 1. The summed E-state index contributed by atoms with van der Waals surface area (Å²) in [6.45, 7) is 2.65. The van der Waals surface area contributed by atoms with E-state index in [4.69, 9.17) is 4.74 Å². The summed E-state index contributed by atoms with van der Waals surface area (Å²) in [6, 6.07) is -0.313. The van der Waals surface area contributed by atoms with E-state index < -0.39 is 24.4 Å². The Bertz CT molecular complexity index is 971. The van der Waals surface area contributed by atoms with Crippen LogP contribution < -0.4 is 15.5 Å². The molecule has 2 aromatic heterocycles. The van der Waals surface area contributed by atoms with Crippen LogP contribution in [0.5, 0.6) is 0 Å². The molecule has 14 heteroatoms. The summed E-state index contributed by atoms with van der Waals surface area (Å²) in [5.41, 5.74) is 0. The van der Waals surface area contributed by atoms with E-state index in [1.165, 1.54) is 19.4 Å². The number of ether oxygens (including phenoxy) is 1. The molecule has 3 N–H and O–H groups in total. The number of H-pyrrole nitrogens is 1. The molecule has 0 aromatic carbocycles. The SMILES string of the molecule is CN1CCC(OC=O)CC1.CNc1ccnc(N2CCC(F)(F)C(N(C)C(=O)Nc3ncc[nH]3)C2)n1. The lowest BCUT2D eigenvalue weighted by Gasteiger charge is -2.42. The van der Waals surface area contributed by atoms with Gasteiger partial charge < -0.3 is 29.7 Å². The zero-order chi connectivity index (χ0) is 26.1. The summed E-state index contributed by atoms with van der Waals surface area (Å²) in [5, 5.41) is 5.35. The zero-order valence-electron chi connectivity index (χ0n) is 20.7. The van der Waals surface area contributed by atoms with Crippen molar-refractivity contribution in [2.45, 2.75) is 37.3 Å². The summed E-state index contributed by atoms with van der Waals surface area (Å²) in [4.78, 5) is 42.1. The maximum absolute atomic E-state index is 14.5. The Hall–Kier alpha value is -3.55. The number of nitrogens with one attached hydrogen (secondary N) is 3. The molecule has 0 aliphatic carbocycles. The molecule has 36 heavy (non-hydrogen) atoms. The lowest BCUT2D eigenvalue weighted by molar-refractivity contribution is -0.135. The van der Waals surface area contributed by atoms with Gasteiger partial charge in [-0.1, -0.05) is 0 Å². The fourth-order valence-corrected chi connectivity index (χ4v) is 3.98. The zero-order valence-corrected chi connectivity index (χ0v) is 20.7. The van der Waals surface area contributed by atoms with Crippen molar-refractivity contribution in [3.8, 4) is 0 Å². The molecule has 2 amide bonds. The van der Waals surface area contributed by atoms with Gasteiger partial charge in [-0.2, -0.15) is 4.98 Å². The number of hydrogen-bond donors (Lipinski definition) is 3. The molecule has 2 saturated heterocycles. The van der Waals surface area contributed by atoms with Gasteiger partial charge in [-0.25, -0.2) is 23.5 Å². The highest BCUT2D eigenvalue weighted by Gasteiger charge is 2.48. The van der Waals surface area contributed by atoms with Gasteiger partial charge in [-0.05, 0) is 26.0 Å². The normalized spacial score (nSPS) is 20.0. The van der Waals surface area contributed by atoms with Crippen LogP contribution in [0.25, 0.3) is 0 Å². The van der Waals surface area contributed by atoms with Crippen LogP contribution in [-0.2, 0) is 9.53 Å². The average Bonchev–Trinajstić information content (AvgIpc) is 3.38. The number of rotatable bonds is 6. The minimum atomic E-state index is -3.02. The van der Waals surface area contributed by atoms with E-state index >= 15 is 0 Å². The number of piperidine rings is 2. The Morgan fingerprint density at radius 1 is 1.28 bits per heavy atom. The second-order valence-electron chi connectivity index (χ2n) is 8.68. The molecule has 0 saturated carbocycles. The Kier molecular flexibility index (Phi) is 9.33. The number of anilines is 3. The van der Waals surface area contributed by atoms with Crippen molar-refractivity contribution in [1.29, 1.82) is 0 Å². The molecule has 0 spiro atoms. The number of amides is 2. The molecule has 4 rings (SSSR count). The van der Waals surface area contributed by atoms with E-state index in [9.17, 15) is 18.4 Å². The number of alkyl halides is 2. The molecule has 2 aliphatic heterocycles. The van der Waals surface area contributed by atoms with E-state index in [0.717, 1.165) is 30.8 Å². The van der Waals surface area contributed by atoms with Gasteiger partial charge in [0.05, 0.1) is 0 Å². The molecular formula is C22H33F2N9O3. The molecule has 0 radical (unpaired) electrons. The molecule has 12 nitrogen and oxygen atoms in total. The van der Waals surface area contributed by atoms with Gasteiger partial charge in [0.15, 0.2) is 0 Å². The van der Waals surface area contributed by atoms with E-state index in [-0.39, 0.29) is 25.1 Å². The summed E-state index contributed by atoms with van der Waals surface area (Å²) in [6.07, 6.45) is 6.28. The highest BCUT2D eigenvalue weighted by atomic mass is 19.3. The molecule has 1 atom stereocenters. The van der Waals surface area contributed by atoms with E-state index in [0.29, 0.717) is 18.2 Å². The number of carbonyl (C=O) groups excluding carboxylic acids is 2. The molecule has 4 heterocycles. The minimum absolute atomic E-state index is 0.0811. The Balaban J connectivity index is 0.000000303. The van der Waals surface area contributed by atoms with Crippen LogP contribution in [0.3, 0.4) is 0 Å². The molecule has 1 unspecified atom stereocenters. The summed E-state index contributed by atoms with van der Waals surface area (Å²) < 4.78 is 33.8. The number of aromatic nitrogens is 4. The summed E-state index contributed by atoms with van der Waals surface area (Å²) in [7, 11) is 5.13. The van der Waals surface area contributed by atoms with Crippen molar-refractivity contribution in [3.05, 3.63) is 24.7 Å². The number of urea groups is 1. The second kappa shape index (κ2) is 12.4. The maximum atomic E-state index is 14.5. The number of likely N-dealkylation sites (tertiary alicyclic amines) is 1. The first kappa shape index (κ1) is 27.0. The molecule has 2 fully saturated rings. The smallest absolute Gasteiger partial charge is 0.324 e. The molecule has 2 aliphatic rings. The van der Waals surface area contributed by atoms with Gasteiger partial charge in [0.1, 0.15) is 18.0 Å². The van der Waals surface area contributed by atoms with Crippen LogP contribution in [0, 0.1) is 0 Å². The van der Waals surface area contributed by atoms with E-state index in [2.05, 4.69) is 42.5 Å². The first-order chi connectivity index (χ1) is 17.2. The van der Waals surface area contributed by atoms with Crippen LogP contribution in [0.15, 0.2) is 24.7 Å². The third kappa shape index (κ3) is 7.23. The van der Waals surface area contributed by atoms with Crippen molar-refractivity contribution in [2.24, 2.45) is 0 Å². The third-order valence-electron chi connectivity index (χ3n) is 6.20. The standard InChI is InChI=1S/C15H20F2N8O.C7H13NO2/c1-18-11-3-5-21-13(22-11)25-8-4-15(16,17)10(9-25)24(2)14(26)23-12-19-6-7-20-12;1-8-4-2-7(3-5-8)10-6-9/h3,5-7,10H,4,8-9H2,1-2H3,(H,18,21,22)(H2,19,20,23,26);6-7H,2-5H2,1H3. The van der Waals surface area contributed by atoms with Gasteiger partial charge in [0.25, 0.3) is 12.4 Å². The van der Waals surface area contributed by atoms with Gasteiger partial charge in [-0.3, -0.25) is 10.1 Å². The van der Waals surface area contributed by atoms with Gasteiger partial charge >= 0.3 is 6.03 Å². The quantitative estimate of drug-likeness (QED) is 0.500. The van der Waals surface area contributed by atoms with Gasteiger partial charge in [0, 0.05) is 65.3 Å². The minimum Gasteiger partial charge on any atom is -0.464 e. The maximum Gasteiger partial charge on any atom is 0.324 e. The number of aromatic amines is 1. The largest absolute Gasteiger partial charge is 0.464 e. The van der Waals surface area contributed by atoms with Crippen LogP contribution in [0.2, 0.25) is 0 Å². The lowest BCUT2D eigenvalue weighted by Crippen LogP contribution is -2.60. The monoisotopic (exact) mass is 509 g/mol. The number of carbonyl (C=O) groups is 2. The molecule has 198 valence electrons. The Morgan fingerprint density at radius 3 is 2.67 bits per heavy atom.